The zero-order valence-corrected chi connectivity index (χ0v) is 7.09. The van der Waals surface area contributed by atoms with Crippen molar-refractivity contribution in [3.63, 3.8) is 0 Å². The number of halogens is 3. The number of sulfonamides is 1. The van der Waals surface area contributed by atoms with Crippen molar-refractivity contribution in [2.75, 3.05) is 0 Å². The summed E-state index contributed by atoms with van der Waals surface area (Å²) in [5, 5.41) is 0. The van der Waals surface area contributed by atoms with Crippen LogP contribution in [0.2, 0.25) is 0 Å². The van der Waals surface area contributed by atoms with Crippen LogP contribution in [-0.4, -0.2) is 30.0 Å². The van der Waals surface area contributed by atoms with Gasteiger partial charge in [0.25, 0.3) is 11.8 Å². The number of hydrogen-bond acceptors (Lipinski definition) is 4. The third-order valence-corrected chi connectivity index (χ3v) is 2.73. The van der Waals surface area contributed by atoms with E-state index in [4.69, 9.17) is 0 Å². The number of carbonyl (C=O) groups is 2. The lowest BCUT2D eigenvalue weighted by atomic mass is 10.6. The lowest BCUT2D eigenvalue weighted by molar-refractivity contribution is -0.132. The second-order valence-corrected chi connectivity index (χ2v) is 4.00. The van der Waals surface area contributed by atoms with Crippen molar-refractivity contribution in [2.24, 2.45) is 0 Å². The Labute approximate surface area is 75.8 Å². The molecule has 14 heavy (non-hydrogen) atoms. The van der Waals surface area contributed by atoms with Crippen molar-refractivity contribution < 1.29 is 31.2 Å². The maximum absolute atomic E-state index is 11.9. The quantitative estimate of drug-likeness (QED) is 0.582. The van der Waals surface area contributed by atoms with Crippen LogP contribution >= 0.6 is 0 Å². The highest BCUT2D eigenvalue weighted by molar-refractivity contribution is 7.91. The predicted molar refractivity (Wildman–Crippen MR) is 36.0 cm³/mol. The van der Waals surface area contributed by atoms with Gasteiger partial charge >= 0.3 is 15.5 Å². The average Bonchev–Trinajstić information content (AvgIpc) is 2.28. The zero-order valence-electron chi connectivity index (χ0n) is 6.28. The van der Waals surface area contributed by atoms with Gasteiger partial charge in [-0.05, 0) is 0 Å². The number of hydrogen-bond donors (Lipinski definition) is 0. The van der Waals surface area contributed by atoms with Crippen molar-refractivity contribution in [1.82, 2.24) is 4.31 Å². The van der Waals surface area contributed by atoms with Crippen LogP contribution in [0.5, 0.6) is 0 Å². The molecule has 1 heterocycles. The first-order valence-electron chi connectivity index (χ1n) is 3.05. The normalized spacial score (nSPS) is 18.1. The van der Waals surface area contributed by atoms with Gasteiger partial charge in [-0.25, -0.2) is 0 Å². The average molecular weight is 229 g/mol. The standard InChI is InChI=1S/C5H2F3NO4S/c6-5(7,8)14(12,13)9-3(10)1-2-4(9)11/h1-2H. The Bertz CT molecular complexity index is 403. The molecule has 0 radical (unpaired) electrons. The maximum Gasteiger partial charge on any atom is 0.517 e. The van der Waals surface area contributed by atoms with E-state index in [0.717, 1.165) is 0 Å². The molecule has 0 unspecified atom stereocenters. The number of carbonyl (C=O) groups excluding carboxylic acids is 2. The summed E-state index contributed by atoms with van der Waals surface area (Å²) in [6, 6.07) is 0. The van der Waals surface area contributed by atoms with Gasteiger partial charge in [0, 0.05) is 12.2 Å². The lowest BCUT2D eigenvalue weighted by Gasteiger charge is -2.15. The van der Waals surface area contributed by atoms with Crippen molar-refractivity contribution in [3.05, 3.63) is 12.2 Å². The van der Waals surface area contributed by atoms with Crippen molar-refractivity contribution in [1.29, 1.82) is 0 Å². The molecule has 0 aromatic heterocycles. The molecule has 2 amide bonds. The summed E-state index contributed by atoms with van der Waals surface area (Å²) in [6.07, 6.45) is 0.900. The van der Waals surface area contributed by atoms with Crippen molar-refractivity contribution in [2.45, 2.75) is 5.51 Å². The maximum atomic E-state index is 11.9. The number of amides is 2. The summed E-state index contributed by atoms with van der Waals surface area (Å²) in [5.41, 5.74) is -5.66. The smallest absolute Gasteiger partial charge is 0.268 e. The number of imide groups is 1. The molecule has 0 N–H and O–H groups in total. The van der Waals surface area contributed by atoms with E-state index in [0.29, 0.717) is 12.2 Å². The molecule has 0 saturated carbocycles. The van der Waals surface area contributed by atoms with Crippen LogP contribution in [0.1, 0.15) is 0 Å². The molecule has 5 nitrogen and oxygen atoms in total. The molecule has 0 saturated heterocycles. The van der Waals surface area contributed by atoms with E-state index in [1.54, 1.807) is 0 Å². The number of nitrogens with zero attached hydrogens (tertiary/aromatic N) is 1. The predicted octanol–water partition coefficient (Wildman–Crippen LogP) is -0.239. The summed E-state index contributed by atoms with van der Waals surface area (Å²) in [7, 11) is -5.90. The second-order valence-electron chi connectivity index (χ2n) is 2.22. The molecule has 0 fully saturated rings. The van der Waals surface area contributed by atoms with Crippen molar-refractivity contribution >= 4 is 21.8 Å². The summed E-state index contributed by atoms with van der Waals surface area (Å²) < 4.78 is 56.0. The number of alkyl halides is 3. The Morgan fingerprint density at radius 3 is 1.71 bits per heavy atom. The van der Waals surface area contributed by atoms with Gasteiger partial charge in [-0.1, -0.05) is 0 Å². The van der Waals surface area contributed by atoms with E-state index in [1.807, 2.05) is 0 Å². The summed E-state index contributed by atoms with van der Waals surface area (Å²) in [5.74, 6) is -3.04. The minimum atomic E-state index is -5.90. The molecular weight excluding hydrogens is 227 g/mol. The van der Waals surface area contributed by atoms with Crippen LogP contribution in [0.3, 0.4) is 0 Å². The molecule has 1 rings (SSSR count). The highest BCUT2D eigenvalue weighted by atomic mass is 32.2. The molecule has 78 valence electrons. The van der Waals surface area contributed by atoms with Gasteiger partial charge in [-0.2, -0.15) is 25.9 Å². The molecule has 0 bridgehead atoms. The second kappa shape index (κ2) is 2.80. The van der Waals surface area contributed by atoms with Gasteiger partial charge in [0.15, 0.2) is 0 Å². The van der Waals surface area contributed by atoms with E-state index in [2.05, 4.69) is 0 Å². The minimum absolute atomic E-state index is 0.450. The third-order valence-electron chi connectivity index (χ3n) is 1.30. The highest BCUT2D eigenvalue weighted by Crippen LogP contribution is 2.28. The van der Waals surface area contributed by atoms with Gasteiger partial charge in [0.05, 0.1) is 0 Å². The largest absolute Gasteiger partial charge is 0.517 e. The van der Waals surface area contributed by atoms with Crippen LogP contribution in [0.4, 0.5) is 13.2 Å². The summed E-state index contributed by atoms with van der Waals surface area (Å²) in [6.45, 7) is 0. The Hall–Kier alpha value is -1.38. The Morgan fingerprint density at radius 2 is 1.43 bits per heavy atom. The van der Waals surface area contributed by atoms with Gasteiger partial charge in [-0.3, -0.25) is 9.59 Å². The van der Waals surface area contributed by atoms with E-state index in [-0.39, 0.29) is 0 Å². The zero-order chi connectivity index (χ0) is 11.1. The third kappa shape index (κ3) is 1.39. The van der Waals surface area contributed by atoms with Crippen LogP contribution < -0.4 is 0 Å². The molecule has 0 aromatic carbocycles. The molecule has 1 aliphatic heterocycles. The van der Waals surface area contributed by atoms with Gasteiger partial charge < -0.3 is 0 Å². The fourth-order valence-corrected chi connectivity index (χ4v) is 1.53. The molecule has 0 atom stereocenters. The number of rotatable bonds is 1. The van der Waals surface area contributed by atoms with Crippen LogP contribution in [0.15, 0.2) is 12.2 Å². The molecule has 0 aliphatic carbocycles. The molecule has 0 aromatic rings. The summed E-state index contributed by atoms with van der Waals surface area (Å²) >= 11 is 0. The van der Waals surface area contributed by atoms with Crippen LogP contribution in [0, 0.1) is 0 Å². The van der Waals surface area contributed by atoms with Gasteiger partial charge in [0.1, 0.15) is 0 Å². The monoisotopic (exact) mass is 229 g/mol. The SMILES string of the molecule is O=C1C=CC(=O)N1S(=O)(=O)C(F)(F)F. The Morgan fingerprint density at radius 1 is 1.07 bits per heavy atom. The van der Waals surface area contributed by atoms with E-state index < -0.39 is 31.7 Å². The van der Waals surface area contributed by atoms with Gasteiger partial charge in [0.2, 0.25) is 0 Å². The van der Waals surface area contributed by atoms with Crippen molar-refractivity contribution in [3.8, 4) is 0 Å². The van der Waals surface area contributed by atoms with E-state index in [1.165, 1.54) is 0 Å². The fraction of sp³-hybridized carbons (Fsp3) is 0.200. The molecule has 9 heteroatoms. The molecule has 0 spiro atoms. The lowest BCUT2D eigenvalue weighted by Crippen LogP contribution is -2.44. The van der Waals surface area contributed by atoms with E-state index in [9.17, 15) is 31.2 Å². The summed E-state index contributed by atoms with van der Waals surface area (Å²) in [4.78, 5) is 21.2. The molecular formula is C5H2F3NO4S. The van der Waals surface area contributed by atoms with E-state index >= 15 is 0 Å². The first-order chi connectivity index (χ1) is 6.18. The first kappa shape index (κ1) is 10.7. The molecule has 1 aliphatic rings. The van der Waals surface area contributed by atoms with Crippen LogP contribution in [-0.2, 0) is 19.6 Å². The minimum Gasteiger partial charge on any atom is -0.268 e. The topological polar surface area (TPSA) is 71.5 Å². The highest BCUT2D eigenvalue weighted by Gasteiger charge is 2.54. The fourth-order valence-electron chi connectivity index (χ4n) is 0.727. The first-order valence-corrected chi connectivity index (χ1v) is 4.49. The van der Waals surface area contributed by atoms with Crippen LogP contribution in [0.25, 0.3) is 0 Å². The Kier molecular flexibility index (Phi) is 2.14. The van der Waals surface area contributed by atoms with Gasteiger partial charge in [-0.15, -0.1) is 0 Å². The Balaban J connectivity index is 3.20.